The van der Waals surface area contributed by atoms with Crippen molar-refractivity contribution in [1.82, 2.24) is 29.3 Å². The van der Waals surface area contributed by atoms with Crippen LogP contribution >= 0.6 is 0 Å². The molecule has 1 amide bonds. The fourth-order valence-corrected chi connectivity index (χ4v) is 5.03. The lowest BCUT2D eigenvalue weighted by Gasteiger charge is -2.34. The van der Waals surface area contributed by atoms with Crippen LogP contribution < -0.4 is 15.5 Å². The van der Waals surface area contributed by atoms with Crippen LogP contribution in [0.3, 0.4) is 0 Å². The molecule has 1 aliphatic heterocycles. The average Bonchev–Trinajstić information content (AvgIpc) is 3.39. The number of imidazole rings is 1. The topological polar surface area (TPSA) is 91.9 Å². The van der Waals surface area contributed by atoms with Crippen molar-refractivity contribution in [3.05, 3.63) is 53.4 Å². The zero-order chi connectivity index (χ0) is 24.1. The van der Waals surface area contributed by atoms with Gasteiger partial charge in [-0.2, -0.15) is 5.10 Å². The second-order valence-corrected chi connectivity index (χ2v) is 9.65. The normalized spacial score (nSPS) is 16.9. The van der Waals surface area contributed by atoms with Gasteiger partial charge in [-0.1, -0.05) is 0 Å². The number of alkyl halides is 1. The van der Waals surface area contributed by atoms with E-state index in [0.717, 1.165) is 48.5 Å². The van der Waals surface area contributed by atoms with E-state index in [-0.39, 0.29) is 5.91 Å². The van der Waals surface area contributed by atoms with E-state index in [1.807, 2.05) is 30.5 Å². The summed E-state index contributed by atoms with van der Waals surface area (Å²) < 4.78 is 17.0. The number of hydrogen-bond acceptors (Lipinski definition) is 6. The molecule has 0 spiro atoms. The number of pyridine rings is 1. The number of fused-ring (bicyclic) bond motifs is 2. The summed E-state index contributed by atoms with van der Waals surface area (Å²) in [5.41, 5.74) is 4.69. The van der Waals surface area contributed by atoms with Gasteiger partial charge < -0.3 is 19.9 Å². The molecule has 4 aromatic rings. The van der Waals surface area contributed by atoms with E-state index in [4.69, 9.17) is 0 Å². The van der Waals surface area contributed by atoms with Gasteiger partial charge in [-0.15, -0.1) is 0 Å². The molecule has 4 aromatic heterocycles. The van der Waals surface area contributed by atoms with Crippen molar-refractivity contribution < 1.29 is 9.18 Å². The Kier molecular flexibility index (Phi) is 5.40. The van der Waals surface area contributed by atoms with Gasteiger partial charge in [0.25, 0.3) is 5.91 Å². The molecule has 1 aliphatic carbocycles. The highest BCUT2D eigenvalue weighted by Crippen LogP contribution is 2.29. The monoisotopic (exact) mass is 476 g/mol. The third-order valence-corrected chi connectivity index (χ3v) is 6.87. The Labute approximate surface area is 202 Å². The minimum absolute atomic E-state index is 0.307. The molecule has 0 aromatic carbocycles. The summed E-state index contributed by atoms with van der Waals surface area (Å²) in [4.78, 5) is 24.5. The minimum Gasteiger partial charge on any atom is -0.370 e. The van der Waals surface area contributed by atoms with Gasteiger partial charge in [0.15, 0.2) is 11.5 Å². The summed E-state index contributed by atoms with van der Waals surface area (Å²) in [5, 5.41) is 11.0. The third kappa shape index (κ3) is 4.22. The van der Waals surface area contributed by atoms with Gasteiger partial charge >= 0.3 is 0 Å². The summed E-state index contributed by atoms with van der Waals surface area (Å²) in [6, 6.07) is 6.70. The smallest absolute Gasteiger partial charge is 0.275 e. The highest BCUT2D eigenvalue weighted by molar-refractivity contribution is 6.03. The minimum atomic E-state index is -0.687. The molecule has 2 fully saturated rings. The number of rotatable bonds is 6. The third-order valence-electron chi connectivity index (χ3n) is 6.87. The first-order valence-corrected chi connectivity index (χ1v) is 12.2. The Bertz CT molecular complexity index is 1410. The standard InChI is InChI=1S/C25H29FN8O/c1-15-13-33-14-23(29-24(33)16(2)27-15)30-25(35)21-6-5-20(22-11-19(12-26)31-34(21)22)32-9-7-18(8-10-32)28-17-3-4-17/h5-6,11,13-14,17-18,28H,3-4,7-10,12H2,1-2H3,(H,30,35). The second-order valence-electron chi connectivity index (χ2n) is 9.65. The van der Waals surface area contributed by atoms with Crippen molar-refractivity contribution in [2.45, 2.75) is 58.3 Å². The van der Waals surface area contributed by atoms with Crippen LogP contribution in [0.4, 0.5) is 15.9 Å². The van der Waals surface area contributed by atoms with Crippen LogP contribution in [-0.2, 0) is 6.67 Å². The summed E-state index contributed by atoms with van der Waals surface area (Å²) in [5.74, 6) is 0.0685. The van der Waals surface area contributed by atoms with E-state index in [9.17, 15) is 9.18 Å². The Balaban J connectivity index is 1.27. The molecule has 0 unspecified atom stereocenters. The molecule has 1 saturated heterocycles. The second kappa shape index (κ2) is 8.60. The van der Waals surface area contributed by atoms with Crippen LogP contribution in [0.5, 0.6) is 0 Å². The maximum atomic E-state index is 13.6. The zero-order valence-electron chi connectivity index (χ0n) is 20.0. The molecular formula is C25H29FN8O. The van der Waals surface area contributed by atoms with Crippen LogP contribution in [0.15, 0.2) is 30.6 Å². The van der Waals surface area contributed by atoms with E-state index in [1.54, 1.807) is 22.8 Å². The molecule has 2 aliphatic rings. The van der Waals surface area contributed by atoms with Crippen LogP contribution in [0.2, 0.25) is 0 Å². The van der Waals surface area contributed by atoms with E-state index < -0.39 is 6.67 Å². The lowest BCUT2D eigenvalue weighted by molar-refractivity contribution is 0.101. The number of anilines is 2. The van der Waals surface area contributed by atoms with Crippen molar-refractivity contribution in [3.8, 4) is 0 Å². The van der Waals surface area contributed by atoms with Gasteiger partial charge in [0, 0.05) is 31.4 Å². The lowest BCUT2D eigenvalue weighted by atomic mass is 10.0. The maximum Gasteiger partial charge on any atom is 0.275 e. The van der Waals surface area contributed by atoms with Gasteiger partial charge in [0.05, 0.1) is 34.5 Å². The molecular weight excluding hydrogens is 447 g/mol. The number of amides is 1. The lowest BCUT2D eigenvalue weighted by Crippen LogP contribution is -2.43. The number of aromatic nitrogens is 5. The molecule has 10 heteroatoms. The molecule has 0 radical (unpaired) electrons. The van der Waals surface area contributed by atoms with Gasteiger partial charge in [0.2, 0.25) is 0 Å². The summed E-state index contributed by atoms with van der Waals surface area (Å²) in [6.07, 6.45) is 8.33. The number of aryl methyl sites for hydroxylation is 2. The number of carbonyl (C=O) groups is 1. The summed E-state index contributed by atoms with van der Waals surface area (Å²) in [6.45, 7) is 4.94. The highest BCUT2D eigenvalue weighted by atomic mass is 19.1. The zero-order valence-corrected chi connectivity index (χ0v) is 20.0. The Morgan fingerprint density at radius 3 is 2.60 bits per heavy atom. The number of piperidine rings is 1. The van der Waals surface area contributed by atoms with Crippen molar-refractivity contribution >= 4 is 28.6 Å². The van der Waals surface area contributed by atoms with E-state index >= 15 is 0 Å². The summed E-state index contributed by atoms with van der Waals surface area (Å²) >= 11 is 0. The van der Waals surface area contributed by atoms with Crippen molar-refractivity contribution in [2.75, 3.05) is 23.3 Å². The molecule has 0 bridgehead atoms. The number of nitrogens with one attached hydrogen (secondary N) is 2. The van der Waals surface area contributed by atoms with Crippen LogP contribution in [0.1, 0.15) is 53.3 Å². The van der Waals surface area contributed by atoms with Crippen molar-refractivity contribution in [1.29, 1.82) is 0 Å². The Morgan fingerprint density at radius 1 is 1.09 bits per heavy atom. The van der Waals surface area contributed by atoms with Gasteiger partial charge in [0.1, 0.15) is 12.4 Å². The SMILES string of the molecule is Cc1cn2cc(NC(=O)c3ccc(N4CCC(NC5CC5)CC4)c4cc(CF)nn34)nc2c(C)n1. The predicted molar refractivity (Wildman–Crippen MR) is 132 cm³/mol. The fraction of sp³-hybridized carbons (Fsp3) is 0.440. The fourth-order valence-electron chi connectivity index (χ4n) is 5.03. The Hall–Kier alpha value is -3.53. The molecule has 35 heavy (non-hydrogen) atoms. The number of halogens is 1. The molecule has 6 rings (SSSR count). The largest absolute Gasteiger partial charge is 0.370 e. The number of nitrogens with zero attached hydrogens (tertiary/aromatic N) is 6. The number of hydrogen-bond donors (Lipinski definition) is 2. The first kappa shape index (κ1) is 22.0. The quantitative estimate of drug-likeness (QED) is 0.443. The van der Waals surface area contributed by atoms with Gasteiger partial charge in [-0.3, -0.25) is 9.78 Å². The molecule has 2 N–H and O–H groups in total. The van der Waals surface area contributed by atoms with Crippen LogP contribution in [0.25, 0.3) is 11.2 Å². The van der Waals surface area contributed by atoms with E-state index in [2.05, 4.69) is 30.6 Å². The van der Waals surface area contributed by atoms with E-state index in [1.165, 1.54) is 12.8 Å². The molecule has 9 nitrogen and oxygen atoms in total. The van der Waals surface area contributed by atoms with Crippen molar-refractivity contribution in [2.24, 2.45) is 0 Å². The van der Waals surface area contributed by atoms with Crippen LogP contribution in [-0.4, -0.2) is 55.1 Å². The van der Waals surface area contributed by atoms with Crippen LogP contribution in [0, 0.1) is 13.8 Å². The summed E-state index contributed by atoms with van der Waals surface area (Å²) in [7, 11) is 0. The van der Waals surface area contributed by atoms with Gasteiger partial charge in [-0.05, 0) is 57.7 Å². The number of carbonyl (C=O) groups excluding carboxylic acids is 1. The first-order chi connectivity index (χ1) is 17.0. The molecule has 0 atom stereocenters. The average molecular weight is 477 g/mol. The Morgan fingerprint density at radius 2 is 1.86 bits per heavy atom. The molecule has 182 valence electrons. The maximum absolute atomic E-state index is 13.6. The molecule has 5 heterocycles. The predicted octanol–water partition coefficient (Wildman–Crippen LogP) is 3.44. The highest BCUT2D eigenvalue weighted by Gasteiger charge is 2.28. The first-order valence-electron chi connectivity index (χ1n) is 12.2. The molecule has 1 saturated carbocycles. The van der Waals surface area contributed by atoms with E-state index in [0.29, 0.717) is 34.9 Å². The van der Waals surface area contributed by atoms with Crippen molar-refractivity contribution in [3.63, 3.8) is 0 Å². The van der Waals surface area contributed by atoms with Gasteiger partial charge in [-0.25, -0.2) is 13.9 Å².